The fourth-order valence-electron chi connectivity index (χ4n) is 2.41. The summed E-state index contributed by atoms with van der Waals surface area (Å²) in [7, 11) is 0. The molecule has 0 aliphatic carbocycles. The summed E-state index contributed by atoms with van der Waals surface area (Å²) in [6.07, 6.45) is 8.52. The molecule has 0 atom stereocenters. The van der Waals surface area contributed by atoms with E-state index >= 15 is 0 Å². The van der Waals surface area contributed by atoms with E-state index in [0.29, 0.717) is 0 Å². The molecule has 0 N–H and O–H groups in total. The van der Waals surface area contributed by atoms with Crippen LogP contribution in [0.1, 0.15) is 66.2 Å². The molecule has 0 aromatic carbocycles. The maximum absolute atomic E-state index is 6.17. The van der Waals surface area contributed by atoms with Crippen molar-refractivity contribution in [3.63, 3.8) is 0 Å². The van der Waals surface area contributed by atoms with Crippen LogP contribution in [0.25, 0.3) is 0 Å². The van der Waals surface area contributed by atoms with Crippen molar-refractivity contribution in [1.82, 2.24) is 0 Å². The van der Waals surface area contributed by atoms with Crippen LogP contribution in [0.4, 0.5) is 0 Å². The summed E-state index contributed by atoms with van der Waals surface area (Å²) >= 11 is -2.08. The van der Waals surface area contributed by atoms with Gasteiger partial charge in [0.2, 0.25) is 0 Å². The molecule has 0 fully saturated rings. The Bertz CT molecular complexity index is 144. The Labute approximate surface area is 108 Å². The van der Waals surface area contributed by atoms with E-state index in [1.165, 1.54) is 51.8 Å². The van der Waals surface area contributed by atoms with Gasteiger partial charge >= 0.3 is 108 Å². The molecule has 0 amide bonds. The van der Waals surface area contributed by atoms with Gasteiger partial charge < -0.3 is 0 Å². The molecule has 0 rings (SSSR count). The summed E-state index contributed by atoms with van der Waals surface area (Å²) in [6.45, 7) is 10.1. The van der Waals surface area contributed by atoms with Crippen molar-refractivity contribution in [3.8, 4) is 0 Å². The Morgan fingerprint density at radius 3 is 1.81 bits per heavy atom. The van der Waals surface area contributed by atoms with Crippen LogP contribution in [0.15, 0.2) is 0 Å². The first kappa shape index (κ1) is 16.8. The molecule has 0 saturated carbocycles. The van der Waals surface area contributed by atoms with Gasteiger partial charge in [0.05, 0.1) is 0 Å². The molecule has 1 nitrogen and oxygen atoms in total. The number of rotatable bonds is 11. The molecule has 0 aromatic heterocycles. The fourth-order valence-corrected chi connectivity index (χ4v) is 11.7. The van der Waals surface area contributed by atoms with Gasteiger partial charge in [-0.15, -0.1) is 0 Å². The van der Waals surface area contributed by atoms with Gasteiger partial charge in [-0.05, 0) is 0 Å². The molecule has 16 heavy (non-hydrogen) atoms. The first-order valence-corrected chi connectivity index (χ1v) is 14.6. The van der Waals surface area contributed by atoms with E-state index in [2.05, 4.69) is 27.7 Å². The minimum atomic E-state index is -2.08. The van der Waals surface area contributed by atoms with Crippen LogP contribution in [0.2, 0.25) is 13.3 Å². The van der Waals surface area contributed by atoms with Crippen molar-refractivity contribution >= 4 is 18.8 Å². The van der Waals surface area contributed by atoms with E-state index in [1.807, 2.05) is 0 Å². The molecule has 0 saturated heterocycles. The molecule has 0 radical (unpaired) electrons. The standard InChI is InChI=1S/C8H17.C2H5O.2C2H5.Sn/c1-3-5-7-8-6-4-2;1-2-3;2*1-2;/h1,3-8H2,2H3;2H2,1H3;2*1H2,2H3;/q;-1;;;+1. The van der Waals surface area contributed by atoms with E-state index in [0.717, 1.165) is 6.61 Å². The van der Waals surface area contributed by atoms with Crippen molar-refractivity contribution in [2.45, 2.75) is 79.5 Å². The van der Waals surface area contributed by atoms with Crippen LogP contribution in [0, 0.1) is 0 Å². The molecular formula is C14H32OSn. The average Bonchev–Trinajstić information content (AvgIpc) is 2.32. The third kappa shape index (κ3) is 7.16. The van der Waals surface area contributed by atoms with Gasteiger partial charge in [0.1, 0.15) is 0 Å². The summed E-state index contributed by atoms with van der Waals surface area (Å²) < 4.78 is 10.4. The van der Waals surface area contributed by atoms with Gasteiger partial charge in [0.15, 0.2) is 0 Å². The predicted octanol–water partition coefficient (Wildman–Crippen LogP) is 5.37. The number of hydrogen-bond acceptors (Lipinski definition) is 1. The molecule has 0 unspecified atom stereocenters. The summed E-state index contributed by atoms with van der Waals surface area (Å²) in [6, 6.07) is 0. The SMILES string of the molecule is CCCCCCC[CH2][Sn]([CH2]C)([CH2]C)[O]CC. The molecule has 0 spiro atoms. The maximum atomic E-state index is 6.17. The molecule has 2 heteroatoms. The zero-order chi connectivity index (χ0) is 12.3. The number of hydrogen-bond donors (Lipinski definition) is 0. The van der Waals surface area contributed by atoms with Crippen LogP contribution in [-0.4, -0.2) is 25.4 Å². The van der Waals surface area contributed by atoms with Crippen LogP contribution >= 0.6 is 0 Å². The Morgan fingerprint density at radius 2 is 1.31 bits per heavy atom. The monoisotopic (exact) mass is 336 g/mol. The predicted molar refractivity (Wildman–Crippen MR) is 76.5 cm³/mol. The Morgan fingerprint density at radius 1 is 0.750 bits per heavy atom. The second kappa shape index (κ2) is 10.9. The first-order chi connectivity index (χ1) is 7.74. The van der Waals surface area contributed by atoms with Gasteiger partial charge in [0, 0.05) is 0 Å². The topological polar surface area (TPSA) is 9.23 Å². The van der Waals surface area contributed by atoms with Crippen LogP contribution in [0.5, 0.6) is 0 Å². The van der Waals surface area contributed by atoms with Gasteiger partial charge in [0.25, 0.3) is 0 Å². The van der Waals surface area contributed by atoms with Crippen LogP contribution in [0.3, 0.4) is 0 Å². The van der Waals surface area contributed by atoms with E-state index in [4.69, 9.17) is 3.07 Å². The van der Waals surface area contributed by atoms with E-state index < -0.39 is 18.8 Å². The summed E-state index contributed by atoms with van der Waals surface area (Å²) in [5, 5.41) is 0. The summed E-state index contributed by atoms with van der Waals surface area (Å²) in [4.78, 5) is 0. The third-order valence-electron chi connectivity index (χ3n) is 3.73. The van der Waals surface area contributed by atoms with Crippen LogP contribution in [-0.2, 0) is 3.07 Å². The van der Waals surface area contributed by atoms with Crippen molar-refractivity contribution in [2.75, 3.05) is 6.61 Å². The Kier molecular flexibility index (Phi) is 11.4. The molecule has 0 aromatic rings. The quantitative estimate of drug-likeness (QED) is 0.364. The van der Waals surface area contributed by atoms with E-state index in [1.54, 1.807) is 0 Å². The van der Waals surface area contributed by atoms with Gasteiger partial charge in [-0.1, -0.05) is 0 Å². The van der Waals surface area contributed by atoms with Gasteiger partial charge in [-0.2, -0.15) is 0 Å². The van der Waals surface area contributed by atoms with Gasteiger partial charge in [-0.25, -0.2) is 0 Å². The Balaban J connectivity index is 3.67. The van der Waals surface area contributed by atoms with Crippen molar-refractivity contribution in [2.24, 2.45) is 0 Å². The second-order valence-corrected chi connectivity index (χ2v) is 17.9. The molecule has 0 heterocycles. The molecule has 0 bridgehead atoms. The van der Waals surface area contributed by atoms with Crippen molar-refractivity contribution in [1.29, 1.82) is 0 Å². The molecular weight excluding hydrogens is 303 g/mol. The minimum absolute atomic E-state index is 0.952. The fraction of sp³-hybridized carbons (Fsp3) is 1.00. The molecule has 0 aliphatic rings. The molecule has 0 aliphatic heterocycles. The molecule has 98 valence electrons. The summed E-state index contributed by atoms with van der Waals surface area (Å²) in [5.41, 5.74) is 0. The zero-order valence-electron chi connectivity index (χ0n) is 12.0. The van der Waals surface area contributed by atoms with Crippen molar-refractivity contribution < 1.29 is 3.07 Å². The number of unbranched alkanes of at least 4 members (excludes halogenated alkanes) is 5. The third-order valence-corrected chi connectivity index (χ3v) is 17.3. The van der Waals surface area contributed by atoms with E-state index in [9.17, 15) is 0 Å². The van der Waals surface area contributed by atoms with E-state index in [-0.39, 0.29) is 0 Å². The average molecular weight is 335 g/mol. The van der Waals surface area contributed by atoms with Crippen LogP contribution < -0.4 is 0 Å². The Hall–Kier alpha value is 0.759. The zero-order valence-corrected chi connectivity index (χ0v) is 14.8. The van der Waals surface area contributed by atoms with Crippen molar-refractivity contribution in [3.05, 3.63) is 0 Å². The summed E-state index contributed by atoms with van der Waals surface area (Å²) in [5.74, 6) is 0. The second-order valence-electron chi connectivity index (χ2n) is 4.84. The van der Waals surface area contributed by atoms with Gasteiger partial charge in [-0.3, -0.25) is 0 Å². The first-order valence-electron chi connectivity index (χ1n) is 7.38. The normalized spacial score (nSPS) is 12.0.